The number of rotatable bonds is 2. The molecule has 20 heavy (non-hydrogen) atoms. The van der Waals surface area contributed by atoms with Gasteiger partial charge in [0.2, 0.25) is 0 Å². The number of anilines is 1. The number of fused-ring (bicyclic) bond motifs is 1. The fourth-order valence-corrected chi connectivity index (χ4v) is 2.58. The van der Waals surface area contributed by atoms with Crippen molar-refractivity contribution in [2.24, 2.45) is 0 Å². The predicted octanol–water partition coefficient (Wildman–Crippen LogP) is 4.71. The van der Waals surface area contributed by atoms with E-state index in [-0.39, 0.29) is 5.82 Å². The molecule has 0 spiro atoms. The molecule has 0 aliphatic carbocycles. The molecule has 2 heteroatoms. The Hall–Kier alpha value is -2.35. The molecule has 0 bridgehead atoms. The van der Waals surface area contributed by atoms with E-state index in [1.807, 2.05) is 32.3 Å². The van der Waals surface area contributed by atoms with E-state index in [9.17, 15) is 4.39 Å². The summed E-state index contributed by atoms with van der Waals surface area (Å²) in [5.41, 5.74) is 3.08. The lowest BCUT2D eigenvalue weighted by molar-refractivity contribution is 0.628. The van der Waals surface area contributed by atoms with Gasteiger partial charge in [0, 0.05) is 25.3 Å². The summed E-state index contributed by atoms with van der Waals surface area (Å²) in [6, 6.07) is 19.2. The Kier molecular flexibility index (Phi) is 3.15. The molecule has 0 saturated carbocycles. The second-order valence-electron chi connectivity index (χ2n) is 5.09. The predicted molar refractivity (Wildman–Crippen MR) is 83.7 cm³/mol. The van der Waals surface area contributed by atoms with Crippen LogP contribution in [0.3, 0.4) is 0 Å². The maximum atomic E-state index is 13.6. The van der Waals surface area contributed by atoms with Crippen molar-refractivity contribution in [3.05, 3.63) is 66.5 Å². The molecule has 0 aliphatic rings. The van der Waals surface area contributed by atoms with Gasteiger partial charge in [-0.25, -0.2) is 4.39 Å². The first-order valence-corrected chi connectivity index (χ1v) is 6.62. The molecule has 0 heterocycles. The fraction of sp³-hybridized carbons (Fsp3) is 0.111. The molecule has 0 unspecified atom stereocenters. The average molecular weight is 265 g/mol. The monoisotopic (exact) mass is 265 g/mol. The largest absolute Gasteiger partial charge is 0.377 e. The summed E-state index contributed by atoms with van der Waals surface area (Å²) in [6.45, 7) is 0. The molecule has 0 fully saturated rings. The SMILES string of the molecule is CN(C)c1ccc2ccccc2c1-c1cccc(F)c1. The van der Waals surface area contributed by atoms with Crippen molar-refractivity contribution < 1.29 is 4.39 Å². The van der Waals surface area contributed by atoms with Crippen LogP contribution in [0.1, 0.15) is 0 Å². The van der Waals surface area contributed by atoms with Gasteiger partial charge in [0.15, 0.2) is 0 Å². The van der Waals surface area contributed by atoms with E-state index in [0.717, 1.165) is 27.6 Å². The zero-order chi connectivity index (χ0) is 14.1. The van der Waals surface area contributed by atoms with Crippen molar-refractivity contribution >= 4 is 16.5 Å². The zero-order valence-corrected chi connectivity index (χ0v) is 11.6. The Bertz CT molecular complexity index is 762. The smallest absolute Gasteiger partial charge is 0.123 e. The third-order valence-corrected chi connectivity index (χ3v) is 3.50. The van der Waals surface area contributed by atoms with Gasteiger partial charge in [0.1, 0.15) is 5.82 Å². The van der Waals surface area contributed by atoms with Gasteiger partial charge in [-0.05, 0) is 34.5 Å². The van der Waals surface area contributed by atoms with E-state index < -0.39 is 0 Å². The number of hydrogen-bond acceptors (Lipinski definition) is 1. The van der Waals surface area contributed by atoms with Gasteiger partial charge in [-0.2, -0.15) is 0 Å². The van der Waals surface area contributed by atoms with Crippen molar-refractivity contribution in [1.29, 1.82) is 0 Å². The van der Waals surface area contributed by atoms with E-state index in [2.05, 4.69) is 29.2 Å². The van der Waals surface area contributed by atoms with Crippen LogP contribution in [0.25, 0.3) is 21.9 Å². The number of hydrogen-bond donors (Lipinski definition) is 0. The minimum absolute atomic E-state index is 0.208. The molecule has 0 saturated heterocycles. The van der Waals surface area contributed by atoms with E-state index >= 15 is 0 Å². The van der Waals surface area contributed by atoms with Gasteiger partial charge in [0.05, 0.1) is 0 Å². The van der Waals surface area contributed by atoms with Crippen LogP contribution in [0.2, 0.25) is 0 Å². The van der Waals surface area contributed by atoms with Crippen LogP contribution < -0.4 is 4.90 Å². The van der Waals surface area contributed by atoms with Gasteiger partial charge < -0.3 is 4.90 Å². The molecule has 1 nitrogen and oxygen atoms in total. The van der Waals surface area contributed by atoms with Crippen LogP contribution in [0.5, 0.6) is 0 Å². The topological polar surface area (TPSA) is 3.24 Å². The van der Waals surface area contributed by atoms with E-state index in [1.54, 1.807) is 12.1 Å². The average Bonchev–Trinajstić information content (AvgIpc) is 2.46. The molecule has 3 aromatic carbocycles. The Labute approximate surface area is 118 Å². The van der Waals surface area contributed by atoms with Gasteiger partial charge >= 0.3 is 0 Å². The molecule has 3 aromatic rings. The van der Waals surface area contributed by atoms with Crippen molar-refractivity contribution in [2.45, 2.75) is 0 Å². The normalized spacial score (nSPS) is 10.8. The molecular formula is C18H16FN. The molecule has 0 N–H and O–H groups in total. The third-order valence-electron chi connectivity index (χ3n) is 3.50. The second kappa shape index (κ2) is 4.97. The van der Waals surface area contributed by atoms with Gasteiger partial charge in [-0.1, -0.05) is 42.5 Å². The molecule has 0 aliphatic heterocycles. The van der Waals surface area contributed by atoms with Crippen LogP contribution in [0.4, 0.5) is 10.1 Å². The second-order valence-corrected chi connectivity index (χ2v) is 5.09. The molecule has 0 atom stereocenters. The number of benzene rings is 3. The first-order chi connectivity index (χ1) is 9.66. The quantitative estimate of drug-likeness (QED) is 0.648. The lowest BCUT2D eigenvalue weighted by Gasteiger charge is -2.20. The highest BCUT2D eigenvalue weighted by Gasteiger charge is 2.11. The maximum absolute atomic E-state index is 13.6. The summed E-state index contributed by atoms with van der Waals surface area (Å²) in [6.07, 6.45) is 0. The first-order valence-electron chi connectivity index (χ1n) is 6.62. The van der Waals surface area contributed by atoms with Gasteiger partial charge in [-0.3, -0.25) is 0 Å². The van der Waals surface area contributed by atoms with Gasteiger partial charge in [0.25, 0.3) is 0 Å². The standard InChI is InChI=1S/C18H16FN/c1-20(2)17-11-10-13-6-3-4-9-16(13)18(17)14-7-5-8-15(19)12-14/h3-12H,1-2H3. The van der Waals surface area contributed by atoms with E-state index in [4.69, 9.17) is 0 Å². The zero-order valence-electron chi connectivity index (χ0n) is 11.6. The van der Waals surface area contributed by atoms with Crippen molar-refractivity contribution in [3.63, 3.8) is 0 Å². The Morgan fingerprint density at radius 2 is 1.65 bits per heavy atom. The summed E-state index contributed by atoms with van der Waals surface area (Å²) in [4.78, 5) is 2.06. The maximum Gasteiger partial charge on any atom is 0.123 e. The molecule has 0 radical (unpaired) electrons. The summed E-state index contributed by atoms with van der Waals surface area (Å²) in [7, 11) is 4.01. The summed E-state index contributed by atoms with van der Waals surface area (Å²) in [5.74, 6) is -0.208. The molecule has 3 rings (SSSR count). The molecular weight excluding hydrogens is 249 g/mol. The highest BCUT2D eigenvalue weighted by molar-refractivity contribution is 6.02. The highest BCUT2D eigenvalue weighted by atomic mass is 19.1. The lowest BCUT2D eigenvalue weighted by Crippen LogP contribution is -2.10. The summed E-state index contributed by atoms with van der Waals surface area (Å²) < 4.78 is 13.6. The minimum atomic E-state index is -0.208. The van der Waals surface area contributed by atoms with Crippen LogP contribution in [-0.4, -0.2) is 14.1 Å². The molecule has 0 aromatic heterocycles. The highest BCUT2D eigenvalue weighted by Crippen LogP contribution is 2.36. The fourth-order valence-electron chi connectivity index (χ4n) is 2.58. The third kappa shape index (κ3) is 2.14. The minimum Gasteiger partial charge on any atom is -0.377 e. The number of nitrogens with zero attached hydrogens (tertiary/aromatic N) is 1. The van der Waals surface area contributed by atoms with Crippen LogP contribution in [-0.2, 0) is 0 Å². The Morgan fingerprint density at radius 1 is 0.850 bits per heavy atom. The van der Waals surface area contributed by atoms with E-state index in [0.29, 0.717) is 0 Å². The summed E-state index contributed by atoms with van der Waals surface area (Å²) >= 11 is 0. The lowest BCUT2D eigenvalue weighted by atomic mass is 9.96. The summed E-state index contributed by atoms with van der Waals surface area (Å²) in [5, 5.41) is 2.31. The number of halogens is 1. The van der Waals surface area contributed by atoms with Crippen LogP contribution >= 0.6 is 0 Å². The van der Waals surface area contributed by atoms with Crippen molar-refractivity contribution in [1.82, 2.24) is 0 Å². The van der Waals surface area contributed by atoms with Crippen LogP contribution in [0, 0.1) is 5.82 Å². The molecule has 0 amide bonds. The molecule has 100 valence electrons. The Morgan fingerprint density at radius 3 is 2.40 bits per heavy atom. The van der Waals surface area contributed by atoms with Crippen molar-refractivity contribution in [2.75, 3.05) is 19.0 Å². The Balaban J connectivity index is 2.38. The van der Waals surface area contributed by atoms with E-state index in [1.165, 1.54) is 6.07 Å². The van der Waals surface area contributed by atoms with Crippen LogP contribution in [0.15, 0.2) is 60.7 Å². The van der Waals surface area contributed by atoms with Gasteiger partial charge in [-0.15, -0.1) is 0 Å². The first kappa shape index (κ1) is 12.7. The van der Waals surface area contributed by atoms with Crippen molar-refractivity contribution in [3.8, 4) is 11.1 Å².